The highest BCUT2D eigenvalue weighted by Crippen LogP contribution is 2.35. The highest BCUT2D eigenvalue weighted by Gasteiger charge is 2.56. The molecule has 30 atom stereocenters. The van der Waals surface area contributed by atoms with Gasteiger partial charge in [0.05, 0.1) is 39.1 Å². The summed E-state index contributed by atoms with van der Waals surface area (Å²) < 4.78 is 62.3. The molecular weight excluding hydrogens is 988 g/mol. The zero-order valence-electron chi connectivity index (χ0n) is 38.8. The van der Waals surface area contributed by atoms with Crippen molar-refractivity contribution in [2.45, 2.75) is 205 Å². The van der Waals surface area contributed by atoms with Gasteiger partial charge in [-0.05, 0) is 6.92 Å². The molecule has 6 aliphatic rings. The van der Waals surface area contributed by atoms with E-state index in [-0.39, 0.29) is 0 Å². The van der Waals surface area contributed by atoms with Gasteiger partial charge in [-0.2, -0.15) is 0 Å². The van der Waals surface area contributed by atoms with Crippen molar-refractivity contribution in [1.29, 1.82) is 0 Å². The number of hydrogen-bond donors (Lipinski definition) is 19. The van der Waals surface area contributed by atoms with E-state index in [0.29, 0.717) is 0 Å². The average molecular weight is 1060 g/mol. The fourth-order valence-electron chi connectivity index (χ4n) is 9.06. The van der Waals surface area contributed by atoms with Crippen molar-refractivity contribution in [2.24, 2.45) is 0 Å². The van der Waals surface area contributed by atoms with Crippen LogP contribution in [0.5, 0.6) is 0 Å². The van der Waals surface area contributed by atoms with Gasteiger partial charge < -0.3 is 150 Å². The highest BCUT2D eigenvalue weighted by atomic mass is 16.8. The number of rotatable bonds is 17. The van der Waals surface area contributed by atoms with Gasteiger partial charge in [-0.3, -0.25) is 9.59 Å². The number of ether oxygens (including phenoxy) is 11. The Labute approximate surface area is 408 Å². The number of amides is 2. The summed E-state index contributed by atoms with van der Waals surface area (Å²) in [6.45, 7) is -0.895. The van der Waals surface area contributed by atoms with Crippen LogP contribution in [0.3, 0.4) is 0 Å². The normalized spacial score (nSPS) is 50.3. The Kier molecular flexibility index (Phi) is 20.8. The molecule has 19 N–H and O–H groups in total. The maximum absolute atomic E-state index is 12.6. The minimum atomic E-state index is -2.14. The second kappa shape index (κ2) is 25.3. The van der Waals surface area contributed by atoms with Crippen LogP contribution in [0.2, 0.25) is 0 Å². The van der Waals surface area contributed by atoms with Crippen molar-refractivity contribution in [1.82, 2.24) is 10.6 Å². The van der Waals surface area contributed by atoms with Gasteiger partial charge in [-0.1, -0.05) is 0 Å². The van der Waals surface area contributed by atoms with Crippen molar-refractivity contribution < 1.29 is 149 Å². The van der Waals surface area contributed by atoms with E-state index in [1.165, 1.54) is 6.92 Å². The van der Waals surface area contributed by atoms with Crippen LogP contribution in [0.4, 0.5) is 0 Å². The van der Waals surface area contributed by atoms with Gasteiger partial charge in [-0.25, -0.2) is 0 Å². The summed E-state index contributed by atoms with van der Waals surface area (Å²) in [5.74, 6) is -1.56. The summed E-state index contributed by atoms with van der Waals surface area (Å²) in [5, 5.41) is 186. The van der Waals surface area contributed by atoms with Crippen molar-refractivity contribution in [2.75, 3.05) is 33.0 Å². The first-order valence-corrected chi connectivity index (χ1v) is 23.0. The van der Waals surface area contributed by atoms with Crippen LogP contribution in [0, 0.1) is 0 Å². The van der Waals surface area contributed by atoms with Gasteiger partial charge in [0.15, 0.2) is 37.7 Å². The topological polar surface area (TPSA) is 504 Å². The molecular formula is C40H68N2O30. The largest absolute Gasteiger partial charge is 0.394 e. The van der Waals surface area contributed by atoms with Crippen molar-refractivity contribution in [3.63, 3.8) is 0 Å². The first-order chi connectivity index (χ1) is 33.9. The average Bonchev–Trinajstić information content (AvgIpc) is 3.34. The van der Waals surface area contributed by atoms with Gasteiger partial charge in [-0.15, -0.1) is 0 Å². The number of nitrogens with one attached hydrogen (secondary N) is 2. The van der Waals surface area contributed by atoms with Crippen molar-refractivity contribution in [3.05, 3.63) is 0 Å². The number of aliphatic hydroxyl groups excluding tert-OH is 17. The van der Waals surface area contributed by atoms with Crippen LogP contribution in [0.15, 0.2) is 0 Å². The standard InChI is InChI=1S/C40H68N2O30/c1-9-19(48)25(54)28(57)37(64-9)63-8-16-33(23(52)17(35(61)65-16)41-10(2)46)70-36-18(42-11(3)47)24(53)32(14(6-45)68-36)71-40-30(59)27(56)21(50)15(69-40)7-62-38-31(60)34(22(51)13(5-44)66-38)72-39-29(58)26(55)20(49)12(4-43)67-39/h9,12-40,43-45,48-61H,4-8H2,1-3H3,(H,41,46)(H,42,47)/t9-,12+,13+,14+,15+,16+,17+,18+,19+,20+,21+,22+,23+,24+,25+,26-,27-,28-,29-,30-,31-,32+,33+,34-,35+,36-,37-,38+,39+,40-/m0/s1. The Balaban J connectivity index is 1.16. The summed E-state index contributed by atoms with van der Waals surface area (Å²) >= 11 is 0. The summed E-state index contributed by atoms with van der Waals surface area (Å²) in [6.07, 6.45) is -50.5. The molecule has 32 heteroatoms. The number of aliphatic hydroxyl groups is 17. The third-order valence-corrected chi connectivity index (χ3v) is 13.2. The molecule has 0 saturated carbocycles. The van der Waals surface area contributed by atoms with Gasteiger partial charge in [0, 0.05) is 13.8 Å². The Hall–Kier alpha value is -2.18. The molecule has 6 saturated heterocycles. The SMILES string of the molecule is CC(=O)N[C@@H]1[C@@H](O)[C@H](O[C@@H]2O[C@H](CO)[C@@H](O[C@@H]3O[C@H](CO[C@@H]4O[C@H](CO)[C@@H](O)[C@H](O[C@H]5O[C@H](CO)[C@@H](O)[C@H](O)[C@@H]5O)[C@@H]4O)[C@@H](O)[C@H](O)[C@@H]3O)[C@H](O)[C@H]2NC(C)=O)[C@@H](CO[C@H]2O[C@@H](C)[C@@H](O)[C@@H](O)[C@@H]2O)O[C@H]1O. The first kappa shape index (κ1) is 59.1. The van der Waals surface area contributed by atoms with E-state index in [0.717, 1.165) is 13.8 Å². The molecule has 0 aromatic rings. The Morgan fingerprint density at radius 3 is 1.36 bits per heavy atom. The molecule has 0 aromatic heterocycles. The molecule has 6 heterocycles. The lowest BCUT2D eigenvalue weighted by Gasteiger charge is -2.49. The third-order valence-electron chi connectivity index (χ3n) is 13.2. The summed E-state index contributed by atoms with van der Waals surface area (Å²) in [4.78, 5) is 24.7. The van der Waals surface area contributed by atoms with E-state index in [1.54, 1.807) is 0 Å². The van der Waals surface area contributed by atoms with E-state index in [9.17, 15) is 96.4 Å². The van der Waals surface area contributed by atoms with Gasteiger partial charge in [0.25, 0.3) is 0 Å². The molecule has 418 valence electrons. The van der Waals surface area contributed by atoms with E-state index < -0.39 is 229 Å². The van der Waals surface area contributed by atoms with E-state index >= 15 is 0 Å². The lowest BCUT2D eigenvalue weighted by atomic mass is 9.94. The molecule has 0 unspecified atom stereocenters. The molecule has 6 fully saturated rings. The molecule has 6 aliphatic heterocycles. The maximum Gasteiger partial charge on any atom is 0.217 e. The molecule has 2 amide bonds. The van der Waals surface area contributed by atoms with Crippen LogP contribution in [0.1, 0.15) is 20.8 Å². The van der Waals surface area contributed by atoms with Gasteiger partial charge in [0.2, 0.25) is 11.8 Å². The molecule has 0 aliphatic carbocycles. The van der Waals surface area contributed by atoms with E-state index in [4.69, 9.17) is 52.1 Å². The molecule has 32 nitrogen and oxygen atoms in total. The third kappa shape index (κ3) is 12.8. The van der Waals surface area contributed by atoms with Crippen LogP contribution in [-0.4, -0.2) is 316 Å². The minimum Gasteiger partial charge on any atom is -0.394 e. The predicted molar refractivity (Wildman–Crippen MR) is 221 cm³/mol. The smallest absolute Gasteiger partial charge is 0.217 e. The summed E-state index contributed by atoms with van der Waals surface area (Å²) in [6, 6.07) is -3.33. The number of hydrogen-bond acceptors (Lipinski definition) is 30. The molecule has 0 radical (unpaired) electrons. The van der Waals surface area contributed by atoms with Gasteiger partial charge >= 0.3 is 0 Å². The number of carbonyl (C=O) groups excluding carboxylic acids is 2. The molecule has 0 spiro atoms. The predicted octanol–water partition coefficient (Wildman–Crippen LogP) is -12.8. The molecule has 6 rings (SSSR count). The Bertz CT molecular complexity index is 1730. The molecule has 0 aromatic carbocycles. The Morgan fingerprint density at radius 1 is 0.389 bits per heavy atom. The quantitative estimate of drug-likeness (QED) is 0.0643. The molecule has 72 heavy (non-hydrogen) atoms. The second-order valence-corrected chi connectivity index (χ2v) is 18.3. The highest BCUT2D eigenvalue weighted by molar-refractivity contribution is 5.73. The van der Waals surface area contributed by atoms with Crippen LogP contribution >= 0.6 is 0 Å². The second-order valence-electron chi connectivity index (χ2n) is 18.3. The zero-order valence-corrected chi connectivity index (χ0v) is 38.8. The maximum atomic E-state index is 12.6. The van der Waals surface area contributed by atoms with Gasteiger partial charge in [0.1, 0.15) is 140 Å². The van der Waals surface area contributed by atoms with E-state index in [2.05, 4.69) is 10.6 Å². The minimum absolute atomic E-state index is 0.708. The first-order valence-electron chi connectivity index (χ1n) is 23.0. The fraction of sp³-hybridized carbons (Fsp3) is 0.950. The van der Waals surface area contributed by atoms with Crippen molar-refractivity contribution in [3.8, 4) is 0 Å². The lowest BCUT2D eigenvalue weighted by Crippen LogP contribution is -2.70. The fourth-order valence-corrected chi connectivity index (χ4v) is 9.06. The Morgan fingerprint density at radius 2 is 0.792 bits per heavy atom. The zero-order chi connectivity index (χ0) is 53.2. The molecule has 0 bridgehead atoms. The van der Waals surface area contributed by atoms with E-state index in [1.807, 2.05) is 0 Å². The van der Waals surface area contributed by atoms with Crippen molar-refractivity contribution >= 4 is 11.8 Å². The summed E-state index contributed by atoms with van der Waals surface area (Å²) in [7, 11) is 0. The van der Waals surface area contributed by atoms with Crippen LogP contribution in [-0.2, 0) is 61.7 Å². The number of carbonyl (C=O) groups is 2. The monoisotopic (exact) mass is 1060 g/mol. The van der Waals surface area contributed by atoms with Crippen LogP contribution < -0.4 is 10.6 Å². The lowest BCUT2D eigenvalue weighted by molar-refractivity contribution is -0.373. The summed E-state index contributed by atoms with van der Waals surface area (Å²) in [5.41, 5.74) is 0. The van der Waals surface area contributed by atoms with Crippen LogP contribution in [0.25, 0.3) is 0 Å².